The Labute approximate surface area is 98.0 Å². The molecule has 0 saturated heterocycles. The van der Waals surface area contributed by atoms with Crippen LogP contribution in [0.1, 0.15) is 30.7 Å². The van der Waals surface area contributed by atoms with Crippen molar-refractivity contribution >= 4 is 0 Å². The van der Waals surface area contributed by atoms with Crippen molar-refractivity contribution < 1.29 is 13.2 Å². The summed E-state index contributed by atoms with van der Waals surface area (Å²) in [5.74, 6) is -2.27. The van der Waals surface area contributed by atoms with Gasteiger partial charge in [0.1, 0.15) is 5.82 Å². The minimum absolute atomic E-state index is 0.0522. The van der Waals surface area contributed by atoms with E-state index in [2.05, 4.69) is 5.32 Å². The number of rotatable bonds is 4. The first-order valence-corrected chi connectivity index (χ1v) is 6.03. The van der Waals surface area contributed by atoms with E-state index in [4.69, 9.17) is 0 Å². The SMILES string of the molecule is Fc1cc(F)c(C2CC2CNC2CC2)cc1F. The maximum absolute atomic E-state index is 13.5. The molecule has 0 bridgehead atoms. The smallest absolute Gasteiger partial charge is 0.161 e. The summed E-state index contributed by atoms with van der Waals surface area (Å²) in [7, 11) is 0. The second kappa shape index (κ2) is 4.02. The highest BCUT2D eigenvalue weighted by molar-refractivity contribution is 5.29. The number of benzene rings is 1. The van der Waals surface area contributed by atoms with E-state index >= 15 is 0 Å². The van der Waals surface area contributed by atoms with Gasteiger partial charge in [-0.05, 0) is 49.3 Å². The van der Waals surface area contributed by atoms with Crippen LogP contribution in [0.2, 0.25) is 0 Å². The molecule has 2 saturated carbocycles. The van der Waals surface area contributed by atoms with Gasteiger partial charge in [-0.1, -0.05) is 0 Å². The summed E-state index contributed by atoms with van der Waals surface area (Å²) in [5, 5.41) is 3.37. The van der Waals surface area contributed by atoms with Crippen LogP contribution in [0.5, 0.6) is 0 Å². The number of hydrogen-bond donors (Lipinski definition) is 1. The Morgan fingerprint density at radius 2 is 1.76 bits per heavy atom. The van der Waals surface area contributed by atoms with Gasteiger partial charge in [-0.15, -0.1) is 0 Å². The van der Waals surface area contributed by atoms with Crippen molar-refractivity contribution in [1.82, 2.24) is 5.32 Å². The van der Waals surface area contributed by atoms with E-state index in [9.17, 15) is 13.2 Å². The fourth-order valence-electron chi connectivity index (χ4n) is 2.28. The molecule has 1 nitrogen and oxygen atoms in total. The minimum Gasteiger partial charge on any atom is -0.314 e. The molecule has 2 aliphatic carbocycles. The molecule has 2 aliphatic rings. The van der Waals surface area contributed by atoms with Gasteiger partial charge < -0.3 is 5.32 Å². The average molecular weight is 241 g/mol. The Morgan fingerprint density at radius 3 is 2.47 bits per heavy atom. The Kier molecular flexibility index (Phi) is 2.62. The zero-order chi connectivity index (χ0) is 12.0. The van der Waals surface area contributed by atoms with Crippen LogP contribution in [0.4, 0.5) is 13.2 Å². The largest absolute Gasteiger partial charge is 0.314 e. The van der Waals surface area contributed by atoms with Gasteiger partial charge in [0.15, 0.2) is 11.6 Å². The monoisotopic (exact) mass is 241 g/mol. The first kappa shape index (κ1) is 11.1. The molecule has 0 heterocycles. The Bertz CT molecular complexity index is 443. The molecule has 0 aliphatic heterocycles. The molecule has 1 aromatic carbocycles. The first-order chi connectivity index (χ1) is 8.15. The van der Waals surface area contributed by atoms with E-state index in [0.29, 0.717) is 23.6 Å². The van der Waals surface area contributed by atoms with Crippen molar-refractivity contribution in [3.63, 3.8) is 0 Å². The van der Waals surface area contributed by atoms with Crippen LogP contribution in [0.25, 0.3) is 0 Å². The van der Waals surface area contributed by atoms with E-state index < -0.39 is 17.5 Å². The maximum Gasteiger partial charge on any atom is 0.161 e. The topological polar surface area (TPSA) is 12.0 Å². The molecule has 2 fully saturated rings. The van der Waals surface area contributed by atoms with Crippen LogP contribution in [-0.4, -0.2) is 12.6 Å². The molecule has 2 atom stereocenters. The van der Waals surface area contributed by atoms with Crippen molar-refractivity contribution in [2.45, 2.75) is 31.2 Å². The van der Waals surface area contributed by atoms with Crippen molar-refractivity contribution in [3.8, 4) is 0 Å². The average Bonchev–Trinajstić information content (AvgIpc) is 3.13. The van der Waals surface area contributed by atoms with Gasteiger partial charge in [0.25, 0.3) is 0 Å². The number of halogens is 3. The van der Waals surface area contributed by atoms with E-state index in [1.807, 2.05) is 0 Å². The highest BCUT2D eigenvalue weighted by Gasteiger charge is 2.40. The predicted molar refractivity (Wildman–Crippen MR) is 58.2 cm³/mol. The van der Waals surface area contributed by atoms with E-state index in [0.717, 1.165) is 19.0 Å². The predicted octanol–water partition coefficient (Wildman–Crippen LogP) is 2.96. The lowest BCUT2D eigenvalue weighted by Gasteiger charge is -2.04. The van der Waals surface area contributed by atoms with E-state index in [1.54, 1.807) is 0 Å². The van der Waals surface area contributed by atoms with Gasteiger partial charge in [0.2, 0.25) is 0 Å². The molecule has 17 heavy (non-hydrogen) atoms. The second-order valence-electron chi connectivity index (χ2n) is 5.07. The van der Waals surface area contributed by atoms with E-state index in [-0.39, 0.29) is 5.92 Å². The lowest BCUT2D eigenvalue weighted by molar-refractivity contribution is 0.488. The fourth-order valence-corrected chi connectivity index (χ4v) is 2.28. The Morgan fingerprint density at radius 1 is 1.06 bits per heavy atom. The fraction of sp³-hybridized carbons (Fsp3) is 0.538. The normalized spacial score (nSPS) is 27.2. The molecule has 2 unspecified atom stereocenters. The third kappa shape index (κ3) is 2.32. The lowest BCUT2D eigenvalue weighted by Crippen LogP contribution is -2.19. The molecule has 1 N–H and O–H groups in total. The number of nitrogens with one attached hydrogen (secondary N) is 1. The van der Waals surface area contributed by atoms with Gasteiger partial charge in [-0.3, -0.25) is 0 Å². The molecule has 1 aromatic rings. The van der Waals surface area contributed by atoms with Crippen molar-refractivity contribution in [1.29, 1.82) is 0 Å². The van der Waals surface area contributed by atoms with Crippen LogP contribution in [-0.2, 0) is 0 Å². The highest BCUT2D eigenvalue weighted by Crippen LogP contribution is 2.48. The third-order valence-electron chi connectivity index (χ3n) is 3.61. The molecular formula is C13H14F3N. The lowest BCUT2D eigenvalue weighted by atomic mass is 10.1. The summed E-state index contributed by atoms with van der Waals surface area (Å²) < 4.78 is 39.3. The van der Waals surface area contributed by atoms with Crippen molar-refractivity contribution in [2.75, 3.05) is 6.54 Å². The van der Waals surface area contributed by atoms with Gasteiger partial charge in [0, 0.05) is 12.1 Å². The molecular weight excluding hydrogens is 227 g/mol. The minimum atomic E-state index is -1.11. The summed E-state index contributed by atoms with van der Waals surface area (Å²) in [5.41, 5.74) is 0.325. The summed E-state index contributed by atoms with van der Waals surface area (Å²) in [6.07, 6.45) is 3.30. The standard InChI is InChI=1S/C13H14F3N/c14-11-5-13(16)12(15)4-10(11)9-3-7(9)6-17-8-1-2-8/h4-5,7-9,17H,1-3,6H2. The molecule has 3 rings (SSSR count). The zero-order valence-corrected chi connectivity index (χ0v) is 9.35. The summed E-state index contributed by atoms with van der Waals surface area (Å²) in [6, 6.07) is 2.28. The zero-order valence-electron chi connectivity index (χ0n) is 9.35. The quantitative estimate of drug-likeness (QED) is 0.799. The van der Waals surface area contributed by atoms with Crippen LogP contribution >= 0.6 is 0 Å². The van der Waals surface area contributed by atoms with Gasteiger partial charge >= 0.3 is 0 Å². The maximum atomic E-state index is 13.5. The van der Waals surface area contributed by atoms with Gasteiger partial charge in [-0.25, -0.2) is 13.2 Å². The summed E-state index contributed by atoms with van der Waals surface area (Å²) >= 11 is 0. The number of hydrogen-bond acceptors (Lipinski definition) is 1. The molecule has 0 spiro atoms. The van der Waals surface area contributed by atoms with Crippen LogP contribution < -0.4 is 5.32 Å². The second-order valence-corrected chi connectivity index (χ2v) is 5.07. The molecule has 0 amide bonds. The Balaban J connectivity index is 1.66. The van der Waals surface area contributed by atoms with Crippen LogP contribution in [0, 0.1) is 23.4 Å². The van der Waals surface area contributed by atoms with E-state index in [1.165, 1.54) is 12.8 Å². The van der Waals surface area contributed by atoms with Crippen LogP contribution in [0.15, 0.2) is 12.1 Å². The highest BCUT2D eigenvalue weighted by atomic mass is 19.2. The van der Waals surface area contributed by atoms with Crippen molar-refractivity contribution in [3.05, 3.63) is 35.1 Å². The third-order valence-corrected chi connectivity index (χ3v) is 3.61. The summed E-state index contributed by atoms with van der Waals surface area (Å²) in [4.78, 5) is 0. The summed E-state index contributed by atoms with van der Waals surface area (Å²) in [6.45, 7) is 0.855. The molecule has 92 valence electrons. The Hall–Kier alpha value is -1.03. The van der Waals surface area contributed by atoms with Crippen molar-refractivity contribution in [2.24, 2.45) is 5.92 Å². The van der Waals surface area contributed by atoms with Gasteiger partial charge in [0.05, 0.1) is 0 Å². The van der Waals surface area contributed by atoms with Gasteiger partial charge in [-0.2, -0.15) is 0 Å². The van der Waals surface area contributed by atoms with Crippen LogP contribution in [0.3, 0.4) is 0 Å². The first-order valence-electron chi connectivity index (χ1n) is 6.03. The molecule has 4 heteroatoms. The molecule has 0 radical (unpaired) electrons. The molecule has 0 aromatic heterocycles.